The summed E-state index contributed by atoms with van der Waals surface area (Å²) in [7, 11) is 0. The van der Waals surface area contributed by atoms with E-state index in [1.165, 1.54) is 18.4 Å². The number of carbonyl (C=O) groups is 1. The van der Waals surface area contributed by atoms with Gasteiger partial charge in [0.25, 0.3) is 0 Å². The molecule has 0 unspecified atom stereocenters. The Kier molecular flexibility index (Phi) is 2.48. The summed E-state index contributed by atoms with van der Waals surface area (Å²) in [5.74, 6) is 1.71. The molecule has 0 bridgehead atoms. The maximum absolute atomic E-state index is 11.8. The van der Waals surface area contributed by atoms with Crippen LogP contribution in [0.4, 0.5) is 16.4 Å². The van der Waals surface area contributed by atoms with Gasteiger partial charge in [-0.05, 0) is 31.0 Å². The number of aromatic nitrogens is 2. The van der Waals surface area contributed by atoms with E-state index < -0.39 is 0 Å². The van der Waals surface area contributed by atoms with Crippen molar-refractivity contribution in [3.8, 4) is 11.3 Å². The van der Waals surface area contributed by atoms with Gasteiger partial charge in [0, 0.05) is 42.4 Å². The van der Waals surface area contributed by atoms with Crippen molar-refractivity contribution in [2.24, 2.45) is 0 Å². The number of nitrogens with one attached hydrogen (secondary N) is 2. The minimum absolute atomic E-state index is 0.0807. The smallest absolute Gasteiger partial charge is 0.323 e. The van der Waals surface area contributed by atoms with E-state index in [1.807, 2.05) is 24.4 Å². The molecular weight excluding hydrogens is 290 g/mol. The van der Waals surface area contributed by atoms with Crippen LogP contribution in [-0.4, -0.2) is 35.6 Å². The van der Waals surface area contributed by atoms with E-state index in [1.54, 1.807) is 4.90 Å². The number of fused-ring (bicyclic) bond motifs is 2. The summed E-state index contributed by atoms with van der Waals surface area (Å²) in [6.45, 7) is 2.32. The topological polar surface area (TPSA) is 70.2 Å². The van der Waals surface area contributed by atoms with Crippen molar-refractivity contribution < 1.29 is 4.79 Å². The van der Waals surface area contributed by atoms with E-state index in [4.69, 9.17) is 0 Å². The normalized spacial score (nSPS) is 20.3. The third-order valence-electron chi connectivity index (χ3n) is 5.07. The molecule has 2 aromatic rings. The summed E-state index contributed by atoms with van der Waals surface area (Å²) in [4.78, 5) is 22.7. The molecule has 2 fully saturated rings. The van der Waals surface area contributed by atoms with Crippen molar-refractivity contribution in [1.29, 1.82) is 0 Å². The molecule has 0 atom stereocenters. The SMILES string of the molecule is O=C1NCCN1c1cccc(-c2cnc3c(c2)C2(CC2)CN3)n1. The molecule has 6 heteroatoms. The van der Waals surface area contributed by atoms with Crippen LogP contribution < -0.4 is 15.5 Å². The number of carbonyl (C=O) groups excluding carboxylic acids is 1. The van der Waals surface area contributed by atoms with Gasteiger partial charge in [-0.2, -0.15) is 0 Å². The molecule has 23 heavy (non-hydrogen) atoms. The molecule has 2 aliphatic heterocycles. The van der Waals surface area contributed by atoms with Crippen LogP contribution in [0, 0.1) is 0 Å². The predicted molar refractivity (Wildman–Crippen MR) is 87.6 cm³/mol. The number of rotatable bonds is 2. The van der Waals surface area contributed by atoms with E-state index in [0.29, 0.717) is 24.3 Å². The number of hydrogen-bond acceptors (Lipinski definition) is 4. The van der Waals surface area contributed by atoms with E-state index in [0.717, 1.165) is 23.6 Å². The van der Waals surface area contributed by atoms with Crippen LogP contribution in [0.2, 0.25) is 0 Å². The van der Waals surface area contributed by atoms with Crippen molar-refractivity contribution >= 4 is 17.7 Å². The fourth-order valence-electron chi connectivity index (χ4n) is 3.52. The van der Waals surface area contributed by atoms with Gasteiger partial charge in [-0.15, -0.1) is 0 Å². The highest BCUT2D eigenvalue weighted by Gasteiger charge is 2.49. The minimum atomic E-state index is -0.0807. The third-order valence-corrected chi connectivity index (χ3v) is 5.07. The zero-order valence-corrected chi connectivity index (χ0v) is 12.7. The number of nitrogens with zero attached hydrogens (tertiary/aromatic N) is 3. The Balaban J connectivity index is 1.54. The molecule has 1 saturated carbocycles. The van der Waals surface area contributed by atoms with Gasteiger partial charge < -0.3 is 10.6 Å². The molecule has 4 heterocycles. The predicted octanol–water partition coefficient (Wildman–Crippen LogP) is 2.13. The van der Waals surface area contributed by atoms with Gasteiger partial charge in [0.1, 0.15) is 11.6 Å². The Hall–Kier alpha value is -2.63. The van der Waals surface area contributed by atoms with Gasteiger partial charge in [0.2, 0.25) is 0 Å². The molecule has 2 amide bonds. The second-order valence-electron chi connectivity index (χ2n) is 6.52. The number of hydrogen-bond donors (Lipinski definition) is 2. The average Bonchev–Trinajstić information content (AvgIpc) is 3.11. The molecule has 1 saturated heterocycles. The lowest BCUT2D eigenvalue weighted by atomic mass is 9.98. The Morgan fingerprint density at radius 1 is 1.22 bits per heavy atom. The molecule has 2 N–H and O–H groups in total. The number of amides is 2. The van der Waals surface area contributed by atoms with Crippen LogP contribution >= 0.6 is 0 Å². The second-order valence-corrected chi connectivity index (χ2v) is 6.52. The summed E-state index contributed by atoms with van der Waals surface area (Å²) < 4.78 is 0. The fraction of sp³-hybridized carbons (Fsp3) is 0.353. The van der Waals surface area contributed by atoms with Crippen LogP contribution in [0.15, 0.2) is 30.5 Å². The second kappa shape index (κ2) is 4.44. The van der Waals surface area contributed by atoms with Gasteiger partial charge >= 0.3 is 6.03 Å². The van der Waals surface area contributed by atoms with Crippen molar-refractivity contribution in [1.82, 2.24) is 15.3 Å². The van der Waals surface area contributed by atoms with Crippen molar-refractivity contribution in [2.45, 2.75) is 18.3 Å². The molecule has 0 radical (unpaired) electrons. The largest absolute Gasteiger partial charge is 0.369 e. The third kappa shape index (κ3) is 1.91. The molecule has 116 valence electrons. The molecular formula is C17H17N5O. The molecule has 5 rings (SSSR count). The number of urea groups is 1. The molecule has 3 aliphatic rings. The number of pyridine rings is 2. The minimum Gasteiger partial charge on any atom is -0.369 e. The first-order valence-electron chi connectivity index (χ1n) is 8.02. The van der Waals surface area contributed by atoms with Gasteiger partial charge in [-0.25, -0.2) is 14.8 Å². The summed E-state index contributed by atoms with van der Waals surface area (Å²) in [5.41, 5.74) is 3.51. The summed E-state index contributed by atoms with van der Waals surface area (Å²) in [5, 5.41) is 6.21. The Morgan fingerprint density at radius 3 is 2.91 bits per heavy atom. The fourth-order valence-corrected chi connectivity index (χ4v) is 3.52. The average molecular weight is 307 g/mol. The summed E-state index contributed by atoms with van der Waals surface area (Å²) in [6, 6.07) is 7.93. The van der Waals surface area contributed by atoms with E-state index in [2.05, 4.69) is 26.7 Å². The Morgan fingerprint density at radius 2 is 2.13 bits per heavy atom. The van der Waals surface area contributed by atoms with Crippen LogP contribution in [0.1, 0.15) is 18.4 Å². The summed E-state index contributed by atoms with van der Waals surface area (Å²) >= 11 is 0. The molecule has 2 aromatic heterocycles. The maximum Gasteiger partial charge on any atom is 0.323 e. The van der Waals surface area contributed by atoms with Crippen molar-refractivity contribution in [3.63, 3.8) is 0 Å². The number of anilines is 2. The van der Waals surface area contributed by atoms with Crippen molar-refractivity contribution in [3.05, 3.63) is 36.0 Å². The molecule has 6 nitrogen and oxygen atoms in total. The van der Waals surface area contributed by atoms with E-state index in [-0.39, 0.29) is 6.03 Å². The van der Waals surface area contributed by atoms with Crippen LogP contribution in [0.3, 0.4) is 0 Å². The molecule has 1 spiro atoms. The van der Waals surface area contributed by atoms with E-state index >= 15 is 0 Å². The standard InChI is InChI=1S/C17H17N5O/c23-16-18-6-7-22(16)14-3-1-2-13(21-14)11-8-12-15(19-9-11)20-10-17(12)4-5-17/h1-3,8-9H,4-7,10H2,(H,18,23)(H,19,20). The quantitative estimate of drug-likeness (QED) is 0.892. The Bertz CT molecular complexity index is 814. The highest BCUT2D eigenvalue weighted by Crippen LogP contribution is 2.54. The van der Waals surface area contributed by atoms with E-state index in [9.17, 15) is 4.79 Å². The van der Waals surface area contributed by atoms with Crippen molar-refractivity contribution in [2.75, 3.05) is 29.9 Å². The van der Waals surface area contributed by atoms with Gasteiger partial charge in [0.15, 0.2) is 0 Å². The molecule has 1 aliphatic carbocycles. The first-order chi connectivity index (χ1) is 11.3. The first kappa shape index (κ1) is 12.9. The lowest BCUT2D eigenvalue weighted by molar-refractivity contribution is 0.252. The van der Waals surface area contributed by atoms with Crippen LogP contribution in [-0.2, 0) is 5.41 Å². The maximum atomic E-state index is 11.8. The van der Waals surface area contributed by atoms with Crippen LogP contribution in [0.25, 0.3) is 11.3 Å². The van der Waals surface area contributed by atoms with Crippen LogP contribution in [0.5, 0.6) is 0 Å². The lowest BCUT2D eigenvalue weighted by Gasteiger charge is -2.14. The monoisotopic (exact) mass is 307 g/mol. The highest BCUT2D eigenvalue weighted by atomic mass is 16.2. The molecule has 0 aromatic carbocycles. The lowest BCUT2D eigenvalue weighted by Crippen LogP contribution is -2.28. The summed E-state index contributed by atoms with van der Waals surface area (Å²) in [6.07, 6.45) is 4.34. The van der Waals surface area contributed by atoms with Gasteiger partial charge in [-0.3, -0.25) is 4.90 Å². The highest BCUT2D eigenvalue weighted by molar-refractivity contribution is 5.93. The van der Waals surface area contributed by atoms with Gasteiger partial charge in [0.05, 0.1) is 5.69 Å². The van der Waals surface area contributed by atoms with Gasteiger partial charge in [-0.1, -0.05) is 6.07 Å². The first-order valence-corrected chi connectivity index (χ1v) is 8.02. The Labute approximate surface area is 133 Å². The zero-order valence-electron chi connectivity index (χ0n) is 12.7. The zero-order chi connectivity index (χ0) is 15.4.